The SMILES string of the molecule is CCCCOCC1NC(=O)OC1C(C)CO. The van der Waals surface area contributed by atoms with Gasteiger partial charge in [0.1, 0.15) is 6.10 Å². The van der Waals surface area contributed by atoms with Crippen molar-refractivity contribution in [3.05, 3.63) is 0 Å². The van der Waals surface area contributed by atoms with Crippen LogP contribution in [0.15, 0.2) is 0 Å². The van der Waals surface area contributed by atoms with Crippen molar-refractivity contribution in [2.24, 2.45) is 5.92 Å². The van der Waals surface area contributed by atoms with E-state index in [0.717, 1.165) is 12.8 Å². The highest BCUT2D eigenvalue weighted by molar-refractivity contribution is 5.70. The minimum atomic E-state index is -0.422. The van der Waals surface area contributed by atoms with E-state index in [9.17, 15) is 4.79 Å². The predicted octanol–water partition coefficient (Wildman–Crippen LogP) is 0.908. The molecule has 0 aliphatic carbocycles. The Morgan fingerprint density at radius 3 is 3.00 bits per heavy atom. The summed E-state index contributed by atoms with van der Waals surface area (Å²) in [5.41, 5.74) is 0. The van der Waals surface area contributed by atoms with Gasteiger partial charge in [0.2, 0.25) is 0 Å². The van der Waals surface area contributed by atoms with Gasteiger partial charge in [-0.3, -0.25) is 0 Å². The predicted molar refractivity (Wildman–Crippen MR) is 59.2 cm³/mol. The molecule has 1 aliphatic heterocycles. The van der Waals surface area contributed by atoms with E-state index in [2.05, 4.69) is 12.2 Å². The Labute approximate surface area is 96.1 Å². The molecule has 0 bridgehead atoms. The highest BCUT2D eigenvalue weighted by atomic mass is 16.6. The Kier molecular flexibility index (Phi) is 5.55. The smallest absolute Gasteiger partial charge is 0.407 e. The van der Waals surface area contributed by atoms with Crippen molar-refractivity contribution in [2.75, 3.05) is 19.8 Å². The molecule has 1 fully saturated rings. The largest absolute Gasteiger partial charge is 0.444 e. The first kappa shape index (κ1) is 13.3. The first-order valence-corrected chi connectivity index (χ1v) is 5.84. The van der Waals surface area contributed by atoms with Crippen LogP contribution in [0.25, 0.3) is 0 Å². The molecule has 5 nitrogen and oxygen atoms in total. The average molecular weight is 231 g/mol. The Bertz CT molecular complexity index is 222. The topological polar surface area (TPSA) is 67.8 Å². The highest BCUT2D eigenvalue weighted by Crippen LogP contribution is 2.17. The summed E-state index contributed by atoms with van der Waals surface area (Å²) in [6.45, 7) is 5.10. The maximum Gasteiger partial charge on any atom is 0.407 e. The van der Waals surface area contributed by atoms with Crippen molar-refractivity contribution >= 4 is 6.09 Å². The van der Waals surface area contributed by atoms with Crippen molar-refractivity contribution in [1.29, 1.82) is 0 Å². The molecule has 3 unspecified atom stereocenters. The number of aliphatic hydroxyl groups is 1. The van der Waals surface area contributed by atoms with Crippen LogP contribution in [0.4, 0.5) is 4.79 Å². The number of ether oxygens (including phenoxy) is 2. The first-order chi connectivity index (χ1) is 7.69. The number of amides is 1. The normalized spacial score (nSPS) is 26.3. The third-order valence-corrected chi connectivity index (χ3v) is 2.73. The molecule has 94 valence electrons. The van der Waals surface area contributed by atoms with Gasteiger partial charge in [0, 0.05) is 19.1 Å². The Morgan fingerprint density at radius 1 is 1.62 bits per heavy atom. The fourth-order valence-corrected chi connectivity index (χ4v) is 1.68. The van der Waals surface area contributed by atoms with E-state index in [1.807, 2.05) is 6.92 Å². The first-order valence-electron chi connectivity index (χ1n) is 5.84. The van der Waals surface area contributed by atoms with Crippen LogP contribution in [0.2, 0.25) is 0 Å². The molecule has 0 saturated carbocycles. The highest BCUT2D eigenvalue weighted by Gasteiger charge is 2.37. The van der Waals surface area contributed by atoms with Crippen molar-refractivity contribution in [3.63, 3.8) is 0 Å². The van der Waals surface area contributed by atoms with Crippen LogP contribution in [0.1, 0.15) is 26.7 Å². The number of unbranched alkanes of at least 4 members (excludes halogenated alkanes) is 1. The lowest BCUT2D eigenvalue weighted by atomic mass is 10.00. The summed E-state index contributed by atoms with van der Waals surface area (Å²) < 4.78 is 10.5. The van der Waals surface area contributed by atoms with Crippen LogP contribution in [-0.4, -0.2) is 43.2 Å². The van der Waals surface area contributed by atoms with E-state index in [1.165, 1.54) is 0 Å². The zero-order chi connectivity index (χ0) is 12.0. The molecule has 1 saturated heterocycles. The van der Waals surface area contributed by atoms with Crippen LogP contribution in [0.3, 0.4) is 0 Å². The summed E-state index contributed by atoms with van der Waals surface area (Å²) in [7, 11) is 0. The molecule has 0 radical (unpaired) electrons. The van der Waals surface area contributed by atoms with Crippen molar-refractivity contribution in [3.8, 4) is 0 Å². The molecule has 0 aromatic carbocycles. The second kappa shape index (κ2) is 6.70. The van der Waals surface area contributed by atoms with Gasteiger partial charge in [-0.1, -0.05) is 20.3 Å². The molecule has 1 rings (SSSR count). The minimum Gasteiger partial charge on any atom is -0.444 e. The molecule has 0 aromatic rings. The van der Waals surface area contributed by atoms with E-state index in [0.29, 0.717) is 13.2 Å². The van der Waals surface area contributed by atoms with Crippen LogP contribution < -0.4 is 5.32 Å². The molecule has 5 heteroatoms. The van der Waals surface area contributed by atoms with Crippen molar-refractivity contribution < 1.29 is 19.4 Å². The number of hydrogen-bond acceptors (Lipinski definition) is 4. The molecule has 1 aliphatic rings. The van der Waals surface area contributed by atoms with Crippen LogP contribution in [0, 0.1) is 5.92 Å². The van der Waals surface area contributed by atoms with Crippen LogP contribution >= 0.6 is 0 Å². The van der Waals surface area contributed by atoms with Gasteiger partial charge in [0.25, 0.3) is 0 Å². The Hall–Kier alpha value is -0.810. The summed E-state index contributed by atoms with van der Waals surface area (Å²) in [4.78, 5) is 11.1. The monoisotopic (exact) mass is 231 g/mol. The fourth-order valence-electron chi connectivity index (χ4n) is 1.68. The lowest BCUT2D eigenvalue weighted by Crippen LogP contribution is -2.40. The summed E-state index contributed by atoms with van der Waals surface area (Å²) >= 11 is 0. The van der Waals surface area contributed by atoms with E-state index >= 15 is 0 Å². The van der Waals surface area contributed by atoms with E-state index < -0.39 is 6.09 Å². The number of rotatable bonds is 7. The van der Waals surface area contributed by atoms with Gasteiger partial charge in [-0.05, 0) is 6.42 Å². The minimum absolute atomic E-state index is 0.00505. The third-order valence-electron chi connectivity index (χ3n) is 2.73. The number of hydrogen-bond donors (Lipinski definition) is 2. The molecule has 1 heterocycles. The Balaban J connectivity index is 2.34. The fraction of sp³-hybridized carbons (Fsp3) is 0.909. The summed E-state index contributed by atoms with van der Waals surface area (Å²) in [6.07, 6.45) is 1.39. The second-order valence-electron chi connectivity index (χ2n) is 4.21. The number of aliphatic hydroxyl groups excluding tert-OH is 1. The van der Waals surface area contributed by atoms with Crippen molar-refractivity contribution in [2.45, 2.75) is 38.8 Å². The molecule has 16 heavy (non-hydrogen) atoms. The van der Waals surface area contributed by atoms with Gasteiger partial charge >= 0.3 is 6.09 Å². The van der Waals surface area contributed by atoms with E-state index in [-0.39, 0.29) is 24.7 Å². The number of carbonyl (C=O) groups is 1. The number of nitrogens with one attached hydrogen (secondary N) is 1. The molecule has 0 spiro atoms. The van der Waals surface area contributed by atoms with Gasteiger partial charge in [0.05, 0.1) is 12.6 Å². The molecule has 0 aromatic heterocycles. The lowest BCUT2D eigenvalue weighted by molar-refractivity contribution is 0.0387. The lowest BCUT2D eigenvalue weighted by Gasteiger charge is -2.21. The standard InChI is InChI=1S/C11H21NO4/c1-3-4-5-15-7-9-10(8(2)6-13)16-11(14)12-9/h8-10,13H,3-7H2,1-2H3,(H,12,14). The van der Waals surface area contributed by atoms with Gasteiger partial charge in [-0.25, -0.2) is 4.79 Å². The summed E-state index contributed by atoms with van der Waals surface area (Å²) in [6, 6.07) is -0.147. The van der Waals surface area contributed by atoms with E-state index in [4.69, 9.17) is 14.6 Å². The number of carbonyl (C=O) groups excluding carboxylic acids is 1. The third kappa shape index (κ3) is 3.64. The zero-order valence-corrected chi connectivity index (χ0v) is 9.94. The Morgan fingerprint density at radius 2 is 2.38 bits per heavy atom. The van der Waals surface area contributed by atoms with Crippen molar-refractivity contribution in [1.82, 2.24) is 5.32 Å². The maximum absolute atomic E-state index is 11.1. The van der Waals surface area contributed by atoms with Gasteiger partial charge in [0.15, 0.2) is 0 Å². The summed E-state index contributed by atoms with van der Waals surface area (Å²) in [5.74, 6) is -0.0706. The molecular weight excluding hydrogens is 210 g/mol. The maximum atomic E-state index is 11.1. The van der Waals surface area contributed by atoms with E-state index in [1.54, 1.807) is 0 Å². The molecular formula is C11H21NO4. The van der Waals surface area contributed by atoms with Gasteiger partial charge in [-0.2, -0.15) is 0 Å². The number of alkyl carbamates (subject to hydrolysis) is 1. The molecule has 2 N–H and O–H groups in total. The molecule has 1 amide bonds. The van der Waals surface area contributed by atoms with Crippen LogP contribution in [0.5, 0.6) is 0 Å². The summed E-state index contributed by atoms with van der Waals surface area (Å²) in [5, 5.41) is 11.7. The molecule has 3 atom stereocenters. The zero-order valence-electron chi connectivity index (χ0n) is 9.94. The van der Waals surface area contributed by atoms with Crippen LogP contribution in [-0.2, 0) is 9.47 Å². The second-order valence-corrected chi connectivity index (χ2v) is 4.21. The van der Waals surface area contributed by atoms with Gasteiger partial charge < -0.3 is 19.9 Å². The van der Waals surface area contributed by atoms with Gasteiger partial charge in [-0.15, -0.1) is 0 Å². The average Bonchev–Trinajstić information content (AvgIpc) is 2.65. The quantitative estimate of drug-likeness (QED) is 0.639. The number of cyclic esters (lactones) is 1.